The van der Waals surface area contributed by atoms with Crippen LogP contribution in [0.4, 0.5) is 0 Å². The third-order valence-corrected chi connectivity index (χ3v) is 6.88. The topological polar surface area (TPSA) is 57.2 Å². The molecule has 2 rings (SSSR count). The smallest absolute Gasteiger partial charge is 0.744 e. The summed E-state index contributed by atoms with van der Waals surface area (Å²) in [6.07, 6.45) is 16.7. The van der Waals surface area contributed by atoms with Gasteiger partial charge in [0.25, 0.3) is 0 Å². The Morgan fingerprint density at radius 2 is 1.26 bits per heavy atom. The quantitative estimate of drug-likeness (QED) is 0.218. The summed E-state index contributed by atoms with van der Waals surface area (Å²) in [4.78, 5) is -0.0750. The number of hydrogen-bond donors (Lipinski definition) is 0. The second-order valence-electron chi connectivity index (χ2n) is 8.60. The Labute approximate surface area is 233 Å². The van der Waals surface area contributed by atoms with Crippen molar-refractivity contribution in [2.45, 2.75) is 109 Å². The molecule has 0 fully saturated rings. The molecule has 2 aromatic rings. The van der Waals surface area contributed by atoms with Crippen molar-refractivity contribution in [3.05, 3.63) is 41.5 Å². The molecule has 0 radical (unpaired) electrons. The van der Waals surface area contributed by atoms with Crippen LogP contribution in [-0.4, -0.2) is 13.0 Å². The zero-order chi connectivity index (χ0) is 21.8. The summed E-state index contributed by atoms with van der Waals surface area (Å²) in [5.41, 5.74) is 2.35. The van der Waals surface area contributed by atoms with E-state index in [1.165, 1.54) is 75.8 Å². The second kappa shape index (κ2) is 16.0. The van der Waals surface area contributed by atoms with Gasteiger partial charge >= 0.3 is 51.4 Å². The molecule has 0 aliphatic heterocycles. The number of unbranched alkanes of at least 4 members (excludes halogenated alkanes) is 10. The molecule has 0 aliphatic carbocycles. The van der Waals surface area contributed by atoms with Gasteiger partial charge in [0.15, 0.2) is 0 Å². The number of rotatable bonds is 15. The maximum Gasteiger partial charge on any atom is 1.00 e. The summed E-state index contributed by atoms with van der Waals surface area (Å²) in [5.74, 6) is 0. The Morgan fingerprint density at radius 3 is 1.84 bits per heavy atom. The zero-order valence-electron chi connectivity index (χ0n) is 19.9. The minimum absolute atomic E-state index is 0. The Morgan fingerprint density at radius 1 is 0.710 bits per heavy atom. The van der Waals surface area contributed by atoms with E-state index in [-0.39, 0.29) is 56.3 Å². The van der Waals surface area contributed by atoms with Crippen molar-refractivity contribution in [2.24, 2.45) is 0 Å². The van der Waals surface area contributed by atoms with Crippen LogP contribution >= 0.6 is 0 Å². The Kier molecular flexibility index (Phi) is 15.1. The fraction of sp³-hybridized carbons (Fsp3) is 0.615. The standard InChI is InChI=1S/C26H40O3S.K/c1-3-5-7-9-11-13-16-22-20-23(17-14-12-10-8-6-4-2)24-18-15-19-26(25(24)21-22)30(27,28)29;/h15,18-21H,3-14,16-17H2,1-2H3,(H,27,28,29);/q;+1/p-1. The van der Waals surface area contributed by atoms with E-state index in [1.54, 1.807) is 6.07 Å². The van der Waals surface area contributed by atoms with E-state index in [0.717, 1.165) is 36.6 Å². The molecule has 5 heteroatoms. The van der Waals surface area contributed by atoms with Crippen LogP contribution in [0.3, 0.4) is 0 Å². The van der Waals surface area contributed by atoms with Crippen LogP contribution < -0.4 is 51.4 Å². The molecular weight excluding hydrogens is 431 g/mol. The van der Waals surface area contributed by atoms with Crippen molar-refractivity contribution in [3.8, 4) is 0 Å². The monoisotopic (exact) mass is 470 g/mol. The molecule has 0 unspecified atom stereocenters. The van der Waals surface area contributed by atoms with Crippen molar-refractivity contribution in [1.29, 1.82) is 0 Å². The van der Waals surface area contributed by atoms with Gasteiger partial charge in [0.1, 0.15) is 10.1 Å². The van der Waals surface area contributed by atoms with Crippen molar-refractivity contribution in [2.75, 3.05) is 0 Å². The van der Waals surface area contributed by atoms with E-state index in [9.17, 15) is 13.0 Å². The number of benzene rings is 2. The van der Waals surface area contributed by atoms with Crippen molar-refractivity contribution in [3.63, 3.8) is 0 Å². The molecule has 0 heterocycles. The van der Waals surface area contributed by atoms with Crippen molar-refractivity contribution >= 4 is 20.9 Å². The molecule has 31 heavy (non-hydrogen) atoms. The predicted octanol–water partition coefficient (Wildman–Crippen LogP) is 4.55. The summed E-state index contributed by atoms with van der Waals surface area (Å²) in [6, 6.07) is 9.31. The summed E-state index contributed by atoms with van der Waals surface area (Å²) in [5, 5.41) is 1.53. The van der Waals surface area contributed by atoms with Gasteiger partial charge in [-0.3, -0.25) is 0 Å². The molecule has 0 saturated carbocycles. The van der Waals surface area contributed by atoms with Crippen LogP contribution in [0, 0.1) is 0 Å². The molecule has 2 aromatic carbocycles. The van der Waals surface area contributed by atoms with Gasteiger partial charge in [-0.2, -0.15) is 0 Å². The van der Waals surface area contributed by atoms with Gasteiger partial charge in [-0.1, -0.05) is 96.3 Å². The number of hydrogen-bond acceptors (Lipinski definition) is 3. The van der Waals surface area contributed by atoms with Crippen LogP contribution in [0.5, 0.6) is 0 Å². The van der Waals surface area contributed by atoms with E-state index in [1.807, 2.05) is 12.1 Å². The molecule has 0 N–H and O–H groups in total. The molecule has 168 valence electrons. The van der Waals surface area contributed by atoms with Gasteiger partial charge < -0.3 is 4.55 Å². The van der Waals surface area contributed by atoms with Gasteiger partial charge in [0, 0.05) is 0 Å². The number of fused-ring (bicyclic) bond motifs is 1. The summed E-state index contributed by atoms with van der Waals surface area (Å²) < 4.78 is 35.5. The van der Waals surface area contributed by atoms with Crippen LogP contribution in [0.25, 0.3) is 10.8 Å². The van der Waals surface area contributed by atoms with E-state index >= 15 is 0 Å². The molecular formula is C26H39KO3S. The van der Waals surface area contributed by atoms with Crippen molar-refractivity contribution in [1.82, 2.24) is 0 Å². The van der Waals surface area contributed by atoms with Crippen LogP contribution in [0.1, 0.15) is 102 Å². The van der Waals surface area contributed by atoms with Gasteiger partial charge in [-0.25, -0.2) is 8.42 Å². The SMILES string of the molecule is CCCCCCCCc1cc(CCCCCCCC)c2cccc(S(=O)(=O)[O-])c2c1.[K+]. The normalized spacial score (nSPS) is 11.6. The summed E-state index contributed by atoms with van der Waals surface area (Å²) in [6.45, 7) is 4.45. The van der Waals surface area contributed by atoms with Gasteiger partial charge in [0.2, 0.25) is 0 Å². The first-order valence-electron chi connectivity index (χ1n) is 12.0. The third-order valence-electron chi connectivity index (χ3n) is 5.99. The fourth-order valence-corrected chi connectivity index (χ4v) is 4.96. The maximum absolute atomic E-state index is 11.8. The summed E-state index contributed by atoms with van der Waals surface area (Å²) >= 11 is 0. The zero-order valence-corrected chi connectivity index (χ0v) is 23.9. The molecule has 0 aromatic heterocycles. The average molecular weight is 471 g/mol. The third kappa shape index (κ3) is 10.4. The van der Waals surface area contributed by atoms with Gasteiger partial charge in [-0.05, 0) is 59.7 Å². The van der Waals surface area contributed by atoms with Gasteiger partial charge in [0.05, 0.1) is 4.90 Å². The van der Waals surface area contributed by atoms with E-state index < -0.39 is 10.1 Å². The molecule has 0 aliphatic rings. The molecule has 0 bridgehead atoms. The second-order valence-corrected chi connectivity index (χ2v) is 9.94. The van der Waals surface area contributed by atoms with Crippen LogP contribution in [-0.2, 0) is 23.0 Å². The first-order chi connectivity index (χ1) is 14.5. The predicted molar refractivity (Wildman–Crippen MR) is 126 cm³/mol. The Hall–Kier alpha value is 0.246. The minimum Gasteiger partial charge on any atom is -0.744 e. The van der Waals surface area contributed by atoms with E-state index in [4.69, 9.17) is 0 Å². The van der Waals surface area contributed by atoms with Gasteiger partial charge in [-0.15, -0.1) is 0 Å². The van der Waals surface area contributed by atoms with Crippen molar-refractivity contribution < 1.29 is 64.4 Å². The van der Waals surface area contributed by atoms with Crippen LogP contribution in [0.2, 0.25) is 0 Å². The fourth-order valence-electron chi connectivity index (χ4n) is 4.28. The Bertz CT molecular complexity index is 878. The number of aryl methyl sites for hydroxylation is 2. The van der Waals surface area contributed by atoms with E-state index in [0.29, 0.717) is 5.39 Å². The minimum atomic E-state index is -4.48. The van der Waals surface area contributed by atoms with E-state index in [2.05, 4.69) is 19.9 Å². The maximum atomic E-state index is 11.8. The molecule has 3 nitrogen and oxygen atoms in total. The molecule has 0 amide bonds. The molecule has 0 saturated heterocycles. The molecule has 0 spiro atoms. The first kappa shape index (κ1) is 29.3. The summed E-state index contributed by atoms with van der Waals surface area (Å²) in [7, 11) is -4.48. The first-order valence-corrected chi connectivity index (χ1v) is 13.4. The largest absolute Gasteiger partial charge is 1.00 e. The molecule has 0 atom stereocenters. The average Bonchev–Trinajstić information content (AvgIpc) is 2.72. The Balaban J connectivity index is 0.00000480. The van der Waals surface area contributed by atoms with Crippen LogP contribution in [0.15, 0.2) is 35.2 Å².